The zero-order valence-corrected chi connectivity index (χ0v) is 13.1. The molecule has 1 amide bonds. The Morgan fingerprint density at radius 1 is 1.35 bits per heavy atom. The molecule has 0 spiro atoms. The summed E-state index contributed by atoms with van der Waals surface area (Å²) in [6, 6.07) is 5.80. The molecule has 2 aromatic heterocycles. The van der Waals surface area contributed by atoms with E-state index in [0.29, 0.717) is 5.69 Å². The lowest BCUT2D eigenvalue weighted by Crippen LogP contribution is -2.31. The second-order valence-electron chi connectivity index (χ2n) is 5.72. The van der Waals surface area contributed by atoms with E-state index in [-0.39, 0.29) is 11.9 Å². The number of carbonyl (C=O) groups is 1. The number of amides is 1. The van der Waals surface area contributed by atoms with Gasteiger partial charge in [0.25, 0.3) is 5.91 Å². The SMILES string of the molecule is O=C(NC1CCCc2c1[nH]c1ccc(Cl)cc21)c1cnccn1. The van der Waals surface area contributed by atoms with Crippen LogP contribution < -0.4 is 5.32 Å². The maximum Gasteiger partial charge on any atom is 0.272 e. The molecule has 0 fully saturated rings. The smallest absolute Gasteiger partial charge is 0.272 e. The summed E-state index contributed by atoms with van der Waals surface area (Å²) in [5, 5.41) is 4.93. The van der Waals surface area contributed by atoms with Crippen LogP contribution in [-0.4, -0.2) is 20.9 Å². The number of rotatable bonds is 2. The number of hydrogen-bond acceptors (Lipinski definition) is 3. The predicted octanol–water partition coefficient (Wildman–Crippen LogP) is 3.42. The average molecular weight is 327 g/mol. The molecule has 23 heavy (non-hydrogen) atoms. The number of nitrogens with zero attached hydrogens (tertiary/aromatic N) is 2. The number of aromatic amines is 1. The number of aromatic nitrogens is 3. The van der Waals surface area contributed by atoms with Gasteiger partial charge >= 0.3 is 0 Å². The van der Waals surface area contributed by atoms with Crippen LogP contribution in [0.5, 0.6) is 0 Å². The van der Waals surface area contributed by atoms with Crippen LogP contribution in [-0.2, 0) is 6.42 Å². The maximum absolute atomic E-state index is 12.3. The number of aryl methyl sites for hydroxylation is 1. The summed E-state index contributed by atoms with van der Waals surface area (Å²) in [6.45, 7) is 0. The second kappa shape index (κ2) is 5.66. The van der Waals surface area contributed by atoms with Crippen LogP contribution in [0, 0.1) is 0 Å². The van der Waals surface area contributed by atoms with Crippen LogP contribution in [0.25, 0.3) is 10.9 Å². The largest absolute Gasteiger partial charge is 0.356 e. The number of carbonyl (C=O) groups excluding carboxylic acids is 1. The molecule has 1 aliphatic carbocycles. The molecule has 5 nitrogen and oxygen atoms in total. The van der Waals surface area contributed by atoms with Gasteiger partial charge in [-0.1, -0.05) is 11.6 Å². The molecule has 0 radical (unpaired) electrons. The molecule has 0 saturated carbocycles. The van der Waals surface area contributed by atoms with E-state index < -0.39 is 0 Å². The zero-order chi connectivity index (χ0) is 15.8. The minimum Gasteiger partial charge on any atom is -0.356 e. The molecule has 1 atom stereocenters. The molecule has 2 N–H and O–H groups in total. The van der Waals surface area contributed by atoms with E-state index in [9.17, 15) is 4.79 Å². The lowest BCUT2D eigenvalue weighted by atomic mass is 9.91. The van der Waals surface area contributed by atoms with E-state index in [1.54, 1.807) is 6.20 Å². The summed E-state index contributed by atoms with van der Waals surface area (Å²) in [5.74, 6) is -0.201. The fourth-order valence-corrected chi connectivity index (χ4v) is 3.40. The number of halogens is 1. The van der Waals surface area contributed by atoms with Gasteiger partial charge in [-0.15, -0.1) is 0 Å². The van der Waals surface area contributed by atoms with Gasteiger partial charge in [0.1, 0.15) is 5.69 Å². The first-order valence-corrected chi connectivity index (χ1v) is 7.97. The Bertz CT molecular complexity index is 875. The second-order valence-corrected chi connectivity index (χ2v) is 6.15. The van der Waals surface area contributed by atoms with Gasteiger partial charge in [-0.05, 0) is 43.0 Å². The third-order valence-corrected chi connectivity index (χ3v) is 4.51. The van der Waals surface area contributed by atoms with Crippen molar-refractivity contribution in [2.75, 3.05) is 0 Å². The van der Waals surface area contributed by atoms with Crippen molar-refractivity contribution < 1.29 is 4.79 Å². The van der Waals surface area contributed by atoms with Gasteiger partial charge in [0.05, 0.1) is 12.2 Å². The Morgan fingerprint density at radius 2 is 2.26 bits per heavy atom. The van der Waals surface area contributed by atoms with E-state index in [4.69, 9.17) is 11.6 Å². The van der Waals surface area contributed by atoms with Crippen molar-refractivity contribution >= 4 is 28.4 Å². The normalized spacial score (nSPS) is 17.0. The van der Waals surface area contributed by atoms with Crippen molar-refractivity contribution in [2.45, 2.75) is 25.3 Å². The van der Waals surface area contributed by atoms with Gasteiger partial charge in [-0.25, -0.2) is 4.98 Å². The molecule has 1 aliphatic rings. The summed E-state index contributed by atoms with van der Waals surface area (Å²) in [6.07, 6.45) is 7.47. The Kier molecular flexibility index (Phi) is 3.50. The number of hydrogen-bond donors (Lipinski definition) is 2. The molecular formula is C17H15ClN4O. The number of H-pyrrole nitrogens is 1. The van der Waals surface area contributed by atoms with Gasteiger partial charge in [-0.3, -0.25) is 9.78 Å². The highest BCUT2D eigenvalue weighted by atomic mass is 35.5. The molecule has 1 unspecified atom stereocenters. The first-order valence-electron chi connectivity index (χ1n) is 7.59. The van der Waals surface area contributed by atoms with Crippen molar-refractivity contribution in [3.05, 3.63) is 58.8 Å². The molecule has 3 aromatic rings. The minimum atomic E-state index is -0.201. The van der Waals surface area contributed by atoms with Crippen molar-refractivity contribution in [3.8, 4) is 0 Å². The van der Waals surface area contributed by atoms with E-state index in [1.807, 2.05) is 18.2 Å². The van der Waals surface area contributed by atoms with E-state index in [0.717, 1.165) is 40.9 Å². The molecule has 0 aliphatic heterocycles. The number of fused-ring (bicyclic) bond motifs is 3. The van der Waals surface area contributed by atoms with Crippen LogP contribution in [0.4, 0.5) is 0 Å². The zero-order valence-electron chi connectivity index (χ0n) is 12.3. The van der Waals surface area contributed by atoms with Gasteiger partial charge in [0.15, 0.2) is 0 Å². The monoisotopic (exact) mass is 326 g/mol. The molecule has 4 rings (SSSR count). The number of benzene rings is 1. The van der Waals surface area contributed by atoms with Crippen LogP contribution in [0.15, 0.2) is 36.8 Å². The fourth-order valence-electron chi connectivity index (χ4n) is 3.23. The van der Waals surface area contributed by atoms with E-state index in [1.165, 1.54) is 18.0 Å². The lowest BCUT2D eigenvalue weighted by Gasteiger charge is -2.23. The predicted molar refractivity (Wildman–Crippen MR) is 88.5 cm³/mol. The summed E-state index contributed by atoms with van der Waals surface area (Å²) in [4.78, 5) is 23.8. The van der Waals surface area contributed by atoms with Gasteiger partial charge in [0.2, 0.25) is 0 Å². The summed E-state index contributed by atoms with van der Waals surface area (Å²) >= 11 is 6.12. The first kappa shape index (κ1) is 14.2. The maximum atomic E-state index is 12.3. The van der Waals surface area contributed by atoms with E-state index in [2.05, 4.69) is 20.3 Å². The summed E-state index contributed by atoms with van der Waals surface area (Å²) in [5.41, 5.74) is 3.71. The van der Waals surface area contributed by atoms with Crippen molar-refractivity contribution in [3.63, 3.8) is 0 Å². The first-order chi connectivity index (χ1) is 11.2. The van der Waals surface area contributed by atoms with Crippen LogP contribution in [0.3, 0.4) is 0 Å². The quantitative estimate of drug-likeness (QED) is 0.758. The van der Waals surface area contributed by atoms with Crippen LogP contribution in [0.1, 0.15) is 40.6 Å². The van der Waals surface area contributed by atoms with Crippen LogP contribution in [0.2, 0.25) is 5.02 Å². The highest BCUT2D eigenvalue weighted by Crippen LogP contribution is 2.35. The Hall–Kier alpha value is -2.40. The van der Waals surface area contributed by atoms with Gasteiger partial charge in [0, 0.05) is 34.0 Å². The van der Waals surface area contributed by atoms with Crippen LogP contribution >= 0.6 is 11.6 Å². The highest BCUT2D eigenvalue weighted by Gasteiger charge is 2.26. The third kappa shape index (κ3) is 2.57. The minimum absolute atomic E-state index is 0.0422. The number of nitrogens with one attached hydrogen (secondary N) is 2. The Balaban J connectivity index is 1.68. The molecule has 116 valence electrons. The standard InChI is InChI=1S/C17H15ClN4O/c18-10-4-5-13-12(8-10)11-2-1-3-14(16(11)21-13)22-17(23)15-9-19-6-7-20-15/h4-9,14,21H,1-3H2,(H,22,23). The van der Waals surface area contributed by atoms with Crippen molar-refractivity contribution in [2.24, 2.45) is 0 Å². The topological polar surface area (TPSA) is 70.7 Å². The Morgan fingerprint density at radius 3 is 3.09 bits per heavy atom. The lowest BCUT2D eigenvalue weighted by molar-refractivity contribution is 0.0926. The molecule has 0 bridgehead atoms. The van der Waals surface area contributed by atoms with Gasteiger partial charge < -0.3 is 10.3 Å². The average Bonchev–Trinajstić information content (AvgIpc) is 2.95. The Labute approximate surface area is 138 Å². The molecule has 0 saturated heterocycles. The molecular weight excluding hydrogens is 312 g/mol. The van der Waals surface area contributed by atoms with Crippen molar-refractivity contribution in [1.29, 1.82) is 0 Å². The van der Waals surface area contributed by atoms with Crippen molar-refractivity contribution in [1.82, 2.24) is 20.3 Å². The summed E-state index contributed by atoms with van der Waals surface area (Å²) in [7, 11) is 0. The van der Waals surface area contributed by atoms with Gasteiger partial charge in [-0.2, -0.15) is 0 Å². The van der Waals surface area contributed by atoms with E-state index >= 15 is 0 Å². The highest BCUT2D eigenvalue weighted by molar-refractivity contribution is 6.31. The summed E-state index contributed by atoms with van der Waals surface area (Å²) < 4.78 is 0. The third-order valence-electron chi connectivity index (χ3n) is 4.27. The molecule has 6 heteroatoms. The molecule has 2 heterocycles. The molecule has 1 aromatic carbocycles. The fraction of sp³-hybridized carbons (Fsp3) is 0.235.